The zero-order valence-corrected chi connectivity index (χ0v) is 13.4. The molecule has 138 valence electrons. The van der Waals surface area contributed by atoms with Crippen molar-refractivity contribution in [1.29, 1.82) is 0 Å². The van der Waals surface area contributed by atoms with Gasteiger partial charge in [-0.15, -0.1) is 0 Å². The maximum absolute atomic E-state index is 13.2. The van der Waals surface area contributed by atoms with E-state index in [1.807, 2.05) is 0 Å². The van der Waals surface area contributed by atoms with Gasteiger partial charge in [-0.3, -0.25) is 19.7 Å². The molecular weight excluding hydrogens is 357 g/mol. The maximum Gasteiger partial charge on any atom is 0.423 e. The number of nitro benzene ring substituents is 1. The molecule has 1 aromatic carbocycles. The third kappa shape index (κ3) is 2.11. The number of benzene rings is 1. The van der Waals surface area contributed by atoms with Crippen LogP contribution in [-0.2, 0) is 20.5 Å². The summed E-state index contributed by atoms with van der Waals surface area (Å²) < 4.78 is 45.3. The summed E-state index contributed by atoms with van der Waals surface area (Å²) in [5.74, 6) is -2.69. The number of rotatable bonds is 2. The Hall–Kier alpha value is -2.49. The van der Waals surface area contributed by atoms with E-state index < -0.39 is 57.7 Å². The van der Waals surface area contributed by atoms with Crippen molar-refractivity contribution in [2.75, 3.05) is 4.90 Å². The number of ether oxygens (including phenoxy) is 1. The third-order valence-corrected chi connectivity index (χ3v) is 5.50. The van der Waals surface area contributed by atoms with E-state index >= 15 is 0 Å². The summed E-state index contributed by atoms with van der Waals surface area (Å²) in [6.45, 7) is 1.73. The highest BCUT2D eigenvalue weighted by Gasteiger charge is 2.67. The van der Waals surface area contributed by atoms with E-state index in [0.29, 0.717) is 29.9 Å². The third-order valence-electron chi connectivity index (χ3n) is 5.50. The van der Waals surface area contributed by atoms with Gasteiger partial charge in [0.2, 0.25) is 11.8 Å². The highest BCUT2D eigenvalue weighted by atomic mass is 19.4. The molecule has 26 heavy (non-hydrogen) atoms. The van der Waals surface area contributed by atoms with Crippen molar-refractivity contribution in [3.8, 4) is 0 Å². The summed E-state index contributed by atoms with van der Waals surface area (Å²) in [5, 5.41) is 10.9. The highest BCUT2D eigenvalue weighted by Crippen LogP contribution is 2.55. The van der Waals surface area contributed by atoms with E-state index in [0.717, 1.165) is 6.07 Å². The van der Waals surface area contributed by atoms with Crippen molar-refractivity contribution in [1.82, 2.24) is 0 Å². The summed E-state index contributed by atoms with van der Waals surface area (Å²) >= 11 is 0. The lowest BCUT2D eigenvalue weighted by molar-refractivity contribution is -0.388. The Balaban J connectivity index is 1.78. The summed E-state index contributed by atoms with van der Waals surface area (Å²) in [7, 11) is 0. The molecular formula is C16H13F3N2O5. The largest absolute Gasteiger partial charge is 0.423 e. The number of nitrogens with zero attached hydrogens (tertiary/aromatic N) is 2. The molecule has 7 nitrogen and oxygen atoms in total. The number of halogens is 3. The van der Waals surface area contributed by atoms with E-state index in [2.05, 4.69) is 0 Å². The molecule has 0 saturated carbocycles. The number of amides is 2. The van der Waals surface area contributed by atoms with Crippen LogP contribution in [0.5, 0.6) is 0 Å². The number of fused-ring (bicyclic) bond motifs is 5. The van der Waals surface area contributed by atoms with Crippen LogP contribution < -0.4 is 4.90 Å². The second kappa shape index (κ2) is 5.03. The molecule has 2 amide bonds. The van der Waals surface area contributed by atoms with Crippen molar-refractivity contribution < 1.29 is 32.4 Å². The molecule has 0 N–H and O–H groups in total. The van der Waals surface area contributed by atoms with Gasteiger partial charge in [0.1, 0.15) is 5.56 Å². The fourth-order valence-corrected chi connectivity index (χ4v) is 4.39. The predicted molar refractivity (Wildman–Crippen MR) is 80.1 cm³/mol. The van der Waals surface area contributed by atoms with Crippen LogP contribution in [-0.4, -0.2) is 28.4 Å². The second-order valence-corrected chi connectivity index (χ2v) is 6.98. The molecule has 3 fully saturated rings. The van der Waals surface area contributed by atoms with Crippen LogP contribution in [0.1, 0.15) is 25.3 Å². The molecule has 3 heterocycles. The van der Waals surface area contributed by atoms with Crippen LogP contribution in [0.3, 0.4) is 0 Å². The number of hydrogen-bond acceptors (Lipinski definition) is 5. The van der Waals surface area contributed by atoms with Gasteiger partial charge in [0.05, 0.1) is 34.2 Å². The van der Waals surface area contributed by atoms with Crippen molar-refractivity contribution in [2.24, 2.45) is 11.8 Å². The van der Waals surface area contributed by atoms with Crippen LogP contribution >= 0.6 is 0 Å². The molecule has 3 aliphatic heterocycles. The van der Waals surface area contributed by atoms with Gasteiger partial charge in [0, 0.05) is 6.07 Å². The number of imide groups is 1. The van der Waals surface area contributed by atoms with Gasteiger partial charge in [0.25, 0.3) is 5.69 Å². The molecule has 4 rings (SSSR count). The summed E-state index contributed by atoms with van der Waals surface area (Å²) in [5.41, 5.74) is -3.74. The Morgan fingerprint density at radius 3 is 2.58 bits per heavy atom. The first-order chi connectivity index (χ1) is 12.0. The molecule has 0 aromatic heterocycles. The molecule has 0 radical (unpaired) electrons. The minimum absolute atomic E-state index is 0.310. The first kappa shape index (κ1) is 17.0. The van der Waals surface area contributed by atoms with Crippen molar-refractivity contribution in [3.63, 3.8) is 0 Å². The first-order valence-corrected chi connectivity index (χ1v) is 7.96. The average Bonchev–Trinajstić information content (AvgIpc) is 3.15. The fraction of sp³-hybridized carbons (Fsp3) is 0.500. The number of hydrogen-bond donors (Lipinski definition) is 0. The van der Waals surface area contributed by atoms with Gasteiger partial charge in [-0.05, 0) is 31.9 Å². The second-order valence-electron chi connectivity index (χ2n) is 6.98. The van der Waals surface area contributed by atoms with Gasteiger partial charge >= 0.3 is 6.18 Å². The predicted octanol–water partition coefficient (Wildman–Crippen LogP) is 2.67. The van der Waals surface area contributed by atoms with E-state index in [1.54, 1.807) is 6.92 Å². The van der Waals surface area contributed by atoms with Gasteiger partial charge in [0.15, 0.2) is 0 Å². The lowest BCUT2D eigenvalue weighted by Gasteiger charge is -2.26. The molecule has 3 aliphatic rings. The number of alkyl halides is 3. The van der Waals surface area contributed by atoms with Crippen LogP contribution in [0.4, 0.5) is 24.5 Å². The Kier molecular flexibility index (Phi) is 3.28. The summed E-state index contributed by atoms with van der Waals surface area (Å²) in [6.07, 6.45) is -4.21. The molecule has 0 aliphatic carbocycles. The Bertz CT molecular complexity index is 855. The topological polar surface area (TPSA) is 89.8 Å². The van der Waals surface area contributed by atoms with Crippen molar-refractivity contribution >= 4 is 23.2 Å². The minimum atomic E-state index is -4.99. The average molecular weight is 370 g/mol. The highest BCUT2D eigenvalue weighted by molar-refractivity contribution is 6.23. The van der Waals surface area contributed by atoms with Crippen LogP contribution in [0.2, 0.25) is 0 Å². The molecule has 0 spiro atoms. The molecule has 3 saturated heterocycles. The van der Waals surface area contributed by atoms with E-state index in [1.165, 1.54) is 0 Å². The lowest BCUT2D eigenvalue weighted by Crippen LogP contribution is -2.39. The number of nitro groups is 1. The molecule has 1 aromatic rings. The normalized spacial score (nSPS) is 33.1. The van der Waals surface area contributed by atoms with E-state index in [-0.39, 0.29) is 5.69 Å². The molecule has 2 bridgehead atoms. The van der Waals surface area contributed by atoms with Crippen molar-refractivity contribution in [3.05, 3.63) is 33.9 Å². The van der Waals surface area contributed by atoms with Crippen LogP contribution in [0.15, 0.2) is 18.2 Å². The lowest BCUT2D eigenvalue weighted by atomic mass is 9.74. The maximum atomic E-state index is 13.2. The van der Waals surface area contributed by atoms with Gasteiger partial charge in [-0.2, -0.15) is 13.2 Å². The quantitative estimate of drug-likeness (QED) is 0.454. The molecule has 10 heteroatoms. The zero-order valence-electron chi connectivity index (χ0n) is 13.4. The van der Waals surface area contributed by atoms with Gasteiger partial charge in [-0.25, -0.2) is 4.90 Å². The SMILES string of the molecule is CC12CCC(O1)[C@H]1C(=O)N(c3ccc([N+](=O)[O-])c(C(F)(F)F)c3)C(=O)C12. The fourth-order valence-electron chi connectivity index (χ4n) is 4.39. The Morgan fingerprint density at radius 2 is 2.00 bits per heavy atom. The summed E-state index contributed by atoms with van der Waals surface area (Å²) in [4.78, 5) is 35.9. The van der Waals surface area contributed by atoms with E-state index in [4.69, 9.17) is 4.74 Å². The number of carbonyl (C=O) groups excluding carboxylic acids is 2. The van der Waals surface area contributed by atoms with Crippen LogP contribution in [0, 0.1) is 22.0 Å². The first-order valence-electron chi connectivity index (χ1n) is 7.96. The minimum Gasteiger partial charge on any atom is -0.370 e. The standard InChI is InChI=1S/C16H13F3N2O5/c1-15-5-4-10(26-15)11-12(15)14(23)20(13(11)22)7-2-3-9(21(24)25)8(6-7)16(17,18)19/h2-3,6,10-12H,4-5H2,1H3/t10?,11-,12?,15?/m1/s1. The van der Waals surface area contributed by atoms with E-state index in [9.17, 15) is 32.9 Å². The summed E-state index contributed by atoms with van der Waals surface area (Å²) in [6, 6.07) is 2.15. The number of anilines is 1. The van der Waals surface area contributed by atoms with Crippen LogP contribution in [0.25, 0.3) is 0 Å². The van der Waals surface area contributed by atoms with Gasteiger partial charge < -0.3 is 4.74 Å². The molecule has 3 unspecified atom stereocenters. The Labute approximate surface area is 144 Å². The number of carbonyl (C=O) groups is 2. The van der Waals surface area contributed by atoms with Gasteiger partial charge in [-0.1, -0.05) is 0 Å². The smallest absolute Gasteiger partial charge is 0.370 e. The zero-order chi connectivity index (χ0) is 19.0. The molecule has 4 atom stereocenters. The monoisotopic (exact) mass is 370 g/mol. The Morgan fingerprint density at radius 1 is 1.31 bits per heavy atom. The van der Waals surface area contributed by atoms with Crippen molar-refractivity contribution in [2.45, 2.75) is 37.6 Å².